The molecule has 32 heavy (non-hydrogen) atoms. The highest BCUT2D eigenvalue weighted by Gasteiger charge is 2.23. The molecule has 0 radical (unpaired) electrons. The van der Waals surface area contributed by atoms with Gasteiger partial charge in [0.15, 0.2) is 11.2 Å². The average Bonchev–Trinajstić information content (AvgIpc) is 3.31. The van der Waals surface area contributed by atoms with Crippen molar-refractivity contribution in [2.45, 2.75) is 26.9 Å². The SMILES string of the molecule is Cc1c(C)n2c3c(=O)n(Cc4ccccc4)c(=O)n(C)c3nc2n1CCN1CCOCC1. The molecule has 0 unspecified atom stereocenters. The van der Waals surface area contributed by atoms with Crippen molar-refractivity contribution in [1.29, 1.82) is 0 Å². The van der Waals surface area contributed by atoms with Crippen LogP contribution < -0.4 is 11.2 Å². The second-order valence-corrected chi connectivity index (χ2v) is 8.41. The van der Waals surface area contributed by atoms with Crippen LogP contribution in [0.1, 0.15) is 17.0 Å². The number of hydrogen-bond acceptors (Lipinski definition) is 5. The third-order valence-electron chi connectivity index (χ3n) is 6.56. The van der Waals surface area contributed by atoms with Gasteiger partial charge in [0.2, 0.25) is 5.78 Å². The summed E-state index contributed by atoms with van der Waals surface area (Å²) in [6, 6.07) is 9.56. The molecule has 9 nitrogen and oxygen atoms in total. The van der Waals surface area contributed by atoms with Gasteiger partial charge in [-0.1, -0.05) is 30.3 Å². The van der Waals surface area contributed by atoms with Crippen LogP contribution in [0.4, 0.5) is 0 Å². The van der Waals surface area contributed by atoms with Gasteiger partial charge in [-0.05, 0) is 19.4 Å². The van der Waals surface area contributed by atoms with Crippen LogP contribution in [-0.2, 0) is 24.9 Å². The summed E-state index contributed by atoms with van der Waals surface area (Å²) in [4.78, 5) is 33.7. The molecule has 1 aliphatic heterocycles. The van der Waals surface area contributed by atoms with Crippen molar-refractivity contribution in [3.63, 3.8) is 0 Å². The molecule has 168 valence electrons. The Hall–Kier alpha value is -3.17. The molecule has 0 amide bonds. The van der Waals surface area contributed by atoms with Crippen LogP contribution in [0.25, 0.3) is 16.9 Å². The number of imidazole rings is 2. The maximum atomic E-state index is 13.5. The van der Waals surface area contributed by atoms with Crippen LogP contribution in [0.15, 0.2) is 39.9 Å². The van der Waals surface area contributed by atoms with E-state index in [-0.39, 0.29) is 17.8 Å². The zero-order chi connectivity index (χ0) is 22.4. The van der Waals surface area contributed by atoms with Gasteiger partial charge in [-0.25, -0.2) is 4.79 Å². The number of nitrogens with zero attached hydrogens (tertiary/aromatic N) is 6. The summed E-state index contributed by atoms with van der Waals surface area (Å²) in [6.45, 7) is 9.29. The molecule has 1 aromatic carbocycles. The van der Waals surface area contributed by atoms with Gasteiger partial charge in [-0.2, -0.15) is 4.98 Å². The fraction of sp³-hybridized carbons (Fsp3) is 0.435. The third-order valence-corrected chi connectivity index (χ3v) is 6.56. The standard InChI is InChI=1S/C23H28N6O3/c1-16-17(2)29-19-20(24-22(29)27(16)10-9-26-11-13-32-14-12-26)25(3)23(31)28(21(19)30)15-18-7-5-4-6-8-18/h4-8H,9-15H2,1-3H3. The quantitative estimate of drug-likeness (QED) is 0.469. The summed E-state index contributed by atoms with van der Waals surface area (Å²) in [6.07, 6.45) is 0. The van der Waals surface area contributed by atoms with E-state index < -0.39 is 0 Å². The van der Waals surface area contributed by atoms with E-state index in [2.05, 4.69) is 16.4 Å². The number of hydrogen-bond donors (Lipinski definition) is 0. The molecule has 0 saturated carbocycles. The lowest BCUT2D eigenvalue weighted by atomic mass is 10.2. The molecule has 0 bridgehead atoms. The van der Waals surface area contributed by atoms with Gasteiger partial charge >= 0.3 is 5.69 Å². The minimum absolute atomic E-state index is 0.227. The number of rotatable bonds is 5. The van der Waals surface area contributed by atoms with Gasteiger partial charge < -0.3 is 9.30 Å². The molecular weight excluding hydrogens is 408 g/mol. The van der Waals surface area contributed by atoms with Crippen molar-refractivity contribution in [3.8, 4) is 0 Å². The fourth-order valence-electron chi connectivity index (χ4n) is 4.55. The minimum Gasteiger partial charge on any atom is -0.379 e. The molecule has 1 fully saturated rings. The van der Waals surface area contributed by atoms with Gasteiger partial charge in [0, 0.05) is 44.6 Å². The summed E-state index contributed by atoms with van der Waals surface area (Å²) in [5.41, 5.74) is 3.14. The van der Waals surface area contributed by atoms with Crippen LogP contribution in [0.2, 0.25) is 0 Å². The Morgan fingerprint density at radius 3 is 2.41 bits per heavy atom. The van der Waals surface area contributed by atoms with E-state index in [1.807, 2.05) is 41.7 Å². The summed E-state index contributed by atoms with van der Waals surface area (Å²) >= 11 is 0. The topological polar surface area (TPSA) is 78.7 Å². The second-order valence-electron chi connectivity index (χ2n) is 8.41. The van der Waals surface area contributed by atoms with Gasteiger partial charge in [0.05, 0.1) is 19.8 Å². The number of morpholine rings is 1. The molecule has 0 N–H and O–H groups in total. The number of aromatic nitrogens is 5. The zero-order valence-corrected chi connectivity index (χ0v) is 18.7. The molecule has 4 aromatic rings. The van der Waals surface area contributed by atoms with Crippen molar-refractivity contribution in [1.82, 2.24) is 28.0 Å². The summed E-state index contributed by atoms with van der Waals surface area (Å²) in [7, 11) is 1.68. The number of aryl methyl sites for hydroxylation is 2. The third kappa shape index (κ3) is 3.28. The largest absolute Gasteiger partial charge is 0.379 e. The van der Waals surface area contributed by atoms with E-state index in [1.165, 1.54) is 9.13 Å². The normalized spacial score (nSPS) is 15.2. The monoisotopic (exact) mass is 436 g/mol. The Bertz CT molecular complexity index is 1400. The van der Waals surface area contributed by atoms with E-state index in [1.54, 1.807) is 7.05 Å². The first-order chi connectivity index (χ1) is 15.5. The van der Waals surface area contributed by atoms with Crippen LogP contribution in [-0.4, -0.2) is 60.8 Å². The van der Waals surface area contributed by atoms with Crippen LogP contribution in [0, 0.1) is 13.8 Å². The molecule has 3 aromatic heterocycles. The van der Waals surface area contributed by atoms with E-state index in [4.69, 9.17) is 9.72 Å². The molecule has 1 aliphatic rings. The Kier molecular flexibility index (Phi) is 5.22. The van der Waals surface area contributed by atoms with Crippen molar-refractivity contribution < 1.29 is 4.74 Å². The van der Waals surface area contributed by atoms with E-state index in [9.17, 15) is 9.59 Å². The van der Waals surface area contributed by atoms with Crippen LogP contribution in [0.5, 0.6) is 0 Å². The first-order valence-electron chi connectivity index (χ1n) is 11.0. The van der Waals surface area contributed by atoms with Crippen molar-refractivity contribution >= 4 is 16.9 Å². The molecular formula is C23H28N6O3. The van der Waals surface area contributed by atoms with Gasteiger partial charge in [-0.15, -0.1) is 0 Å². The highest BCUT2D eigenvalue weighted by Crippen LogP contribution is 2.21. The predicted octanol–water partition coefficient (Wildman–Crippen LogP) is 1.15. The average molecular weight is 437 g/mol. The molecule has 9 heteroatoms. The summed E-state index contributed by atoms with van der Waals surface area (Å²) in [5.74, 6) is 0.702. The van der Waals surface area contributed by atoms with Crippen LogP contribution >= 0.6 is 0 Å². The lowest BCUT2D eigenvalue weighted by Crippen LogP contribution is -2.39. The summed E-state index contributed by atoms with van der Waals surface area (Å²) < 4.78 is 12.3. The zero-order valence-electron chi connectivity index (χ0n) is 18.7. The lowest BCUT2D eigenvalue weighted by molar-refractivity contribution is 0.0364. The highest BCUT2D eigenvalue weighted by atomic mass is 16.5. The predicted molar refractivity (Wildman–Crippen MR) is 122 cm³/mol. The first kappa shape index (κ1) is 20.7. The van der Waals surface area contributed by atoms with Crippen molar-refractivity contribution in [2.75, 3.05) is 32.8 Å². The Morgan fingerprint density at radius 1 is 0.969 bits per heavy atom. The number of fused-ring (bicyclic) bond motifs is 3. The molecule has 0 spiro atoms. The van der Waals surface area contributed by atoms with Crippen molar-refractivity contribution in [3.05, 3.63) is 68.1 Å². The van der Waals surface area contributed by atoms with Gasteiger partial charge in [0.25, 0.3) is 5.56 Å². The molecule has 5 rings (SSSR count). The second kappa shape index (κ2) is 8.07. The molecule has 1 saturated heterocycles. The molecule has 4 heterocycles. The van der Waals surface area contributed by atoms with Crippen molar-refractivity contribution in [2.24, 2.45) is 7.05 Å². The highest BCUT2D eigenvalue weighted by molar-refractivity contribution is 5.76. The van der Waals surface area contributed by atoms with E-state index in [0.29, 0.717) is 16.9 Å². The Balaban J connectivity index is 1.64. The first-order valence-corrected chi connectivity index (χ1v) is 11.0. The number of benzene rings is 1. The number of ether oxygens (including phenoxy) is 1. The maximum Gasteiger partial charge on any atom is 0.332 e. The van der Waals surface area contributed by atoms with E-state index in [0.717, 1.165) is 56.3 Å². The Morgan fingerprint density at radius 2 is 1.69 bits per heavy atom. The lowest BCUT2D eigenvalue weighted by Gasteiger charge is -2.26. The maximum absolute atomic E-state index is 13.5. The minimum atomic E-state index is -0.360. The van der Waals surface area contributed by atoms with Gasteiger partial charge in [0.1, 0.15) is 0 Å². The van der Waals surface area contributed by atoms with Crippen LogP contribution in [0.3, 0.4) is 0 Å². The molecule has 0 atom stereocenters. The summed E-state index contributed by atoms with van der Waals surface area (Å²) in [5, 5.41) is 0. The Labute approximate surface area is 185 Å². The smallest absolute Gasteiger partial charge is 0.332 e. The van der Waals surface area contributed by atoms with Gasteiger partial charge in [-0.3, -0.25) is 23.2 Å². The molecule has 0 aliphatic carbocycles. The van der Waals surface area contributed by atoms with E-state index >= 15 is 0 Å². The fourth-order valence-corrected chi connectivity index (χ4v) is 4.55.